The van der Waals surface area contributed by atoms with Crippen LogP contribution in [0.4, 0.5) is 0 Å². The fourth-order valence-electron chi connectivity index (χ4n) is 1.35. The monoisotopic (exact) mass is 184 g/mol. The van der Waals surface area contributed by atoms with E-state index in [1.165, 1.54) is 0 Å². The van der Waals surface area contributed by atoms with Gasteiger partial charge in [-0.3, -0.25) is 4.57 Å². The Morgan fingerprint density at radius 3 is 3.15 bits per heavy atom. The number of imidazole rings is 1. The van der Waals surface area contributed by atoms with E-state index in [-0.39, 0.29) is 11.8 Å². The number of hydrogen-bond donors (Lipinski definition) is 1. The molecule has 2 heterocycles. The van der Waals surface area contributed by atoms with Crippen molar-refractivity contribution in [3.05, 3.63) is 22.9 Å². The number of nitrogens with one attached hydrogen (secondary N) is 1. The molecule has 5 nitrogen and oxygen atoms in total. The molecule has 0 saturated carbocycles. The van der Waals surface area contributed by atoms with Crippen molar-refractivity contribution in [3.63, 3.8) is 0 Å². The molecule has 1 aliphatic heterocycles. The van der Waals surface area contributed by atoms with Crippen molar-refractivity contribution in [3.8, 4) is 0 Å². The predicted molar refractivity (Wildman–Crippen MR) is 45.6 cm³/mol. The fraction of sp³-hybridized carbons (Fsp3) is 0.625. The number of aromatic amines is 1. The van der Waals surface area contributed by atoms with E-state index in [1.807, 2.05) is 0 Å². The molecule has 1 aromatic rings. The van der Waals surface area contributed by atoms with E-state index >= 15 is 0 Å². The first-order chi connectivity index (χ1) is 6.36. The van der Waals surface area contributed by atoms with E-state index in [4.69, 9.17) is 9.47 Å². The molecule has 0 aromatic carbocycles. The van der Waals surface area contributed by atoms with Crippen LogP contribution < -0.4 is 5.69 Å². The first-order valence-electron chi connectivity index (χ1n) is 4.29. The lowest BCUT2D eigenvalue weighted by Gasteiger charge is -2.22. The van der Waals surface area contributed by atoms with Gasteiger partial charge in [-0.15, -0.1) is 0 Å². The number of nitrogens with zero attached hydrogens (tertiary/aromatic N) is 1. The zero-order chi connectivity index (χ0) is 9.10. The average molecular weight is 184 g/mol. The lowest BCUT2D eigenvalue weighted by molar-refractivity contribution is -0.0938. The van der Waals surface area contributed by atoms with Crippen LogP contribution in [-0.2, 0) is 16.0 Å². The molecule has 1 unspecified atom stereocenters. The van der Waals surface area contributed by atoms with Gasteiger partial charge in [0.1, 0.15) is 0 Å². The fourth-order valence-corrected chi connectivity index (χ4v) is 1.35. The van der Waals surface area contributed by atoms with Crippen LogP contribution in [0.1, 0.15) is 0 Å². The topological polar surface area (TPSA) is 56.2 Å². The van der Waals surface area contributed by atoms with E-state index in [1.54, 1.807) is 17.0 Å². The highest BCUT2D eigenvalue weighted by atomic mass is 16.6. The highest BCUT2D eigenvalue weighted by Gasteiger charge is 2.15. The van der Waals surface area contributed by atoms with Crippen molar-refractivity contribution in [2.75, 3.05) is 19.8 Å². The van der Waals surface area contributed by atoms with Gasteiger partial charge in [-0.2, -0.15) is 0 Å². The Balaban J connectivity index is 1.97. The van der Waals surface area contributed by atoms with Crippen molar-refractivity contribution in [2.24, 2.45) is 0 Å². The second-order valence-electron chi connectivity index (χ2n) is 2.99. The van der Waals surface area contributed by atoms with Gasteiger partial charge < -0.3 is 14.5 Å². The van der Waals surface area contributed by atoms with Crippen LogP contribution in [0, 0.1) is 0 Å². The SMILES string of the molecule is O=c1[nH]ccn1CC1COCCO1. The minimum Gasteiger partial charge on any atom is -0.376 e. The van der Waals surface area contributed by atoms with Crippen LogP contribution in [0.15, 0.2) is 17.2 Å². The van der Waals surface area contributed by atoms with E-state index in [2.05, 4.69) is 4.98 Å². The first kappa shape index (κ1) is 8.52. The Morgan fingerprint density at radius 2 is 2.54 bits per heavy atom. The van der Waals surface area contributed by atoms with Crippen LogP contribution in [0.5, 0.6) is 0 Å². The summed E-state index contributed by atoms with van der Waals surface area (Å²) in [5, 5.41) is 0. The summed E-state index contributed by atoms with van der Waals surface area (Å²) in [6, 6.07) is 0. The van der Waals surface area contributed by atoms with Crippen LogP contribution in [0.2, 0.25) is 0 Å². The third-order valence-corrected chi connectivity index (χ3v) is 2.01. The van der Waals surface area contributed by atoms with Crippen molar-refractivity contribution in [1.29, 1.82) is 0 Å². The Bertz CT molecular complexity index is 311. The molecule has 2 rings (SSSR count). The maximum atomic E-state index is 11.1. The van der Waals surface area contributed by atoms with Gasteiger partial charge >= 0.3 is 5.69 Å². The molecule has 1 aliphatic rings. The number of hydrogen-bond acceptors (Lipinski definition) is 3. The molecule has 1 aromatic heterocycles. The molecule has 1 atom stereocenters. The van der Waals surface area contributed by atoms with Gasteiger partial charge in [0.15, 0.2) is 0 Å². The van der Waals surface area contributed by atoms with Crippen molar-refractivity contribution in [2.45, 2.75) is 12.6 Å². The summed E-state index contributed by atoms with van der Waals surface area (Å²) in [7, 11) is 0. The average Bonchev–Trinajstić information content (AvgIpc) is 2.54. The Morgan fingerprint density at radius 1 is 1.62 bits per heavy atom. The molecule has 0 bridgehead atoms. The van der Waals surface area contributed by atoms with E-state index in [0.29, 0.717) is 26.4 Å². The Hall–Kier alpha value is -1.07. The lowest BCUT2D eigenvalue weighted by Crippen LogP contribution is -2.34. The second-order valence-corrected chi connectivity index (χ2v) is 2.99. The van der Waals surface area contributed by atoms with Crippen LogP contribution in [0.3, 0.4) is 0 Å². The first-order valence-corrected chi connectivity index (χ1v) is 4.29. The number of H-pyrrole nitrogens is 1. The summed E-state index contributed by atoms with van der Waals surface area (Å²) >= 11 is 0. The molecular weight excluding hydrogens is 172 g/mol. The maximum absolute atomic E-state index is 11.1. The third-order valence-electron chi connectivity index (χ3n) is 2.01. The molecule has 1 N–H and O–H groups in total. The molecule has 5 heteroatoms. The normalized spacial score (nSPS) is 23.2. The second kappa shape index (κ2) is 3.76. The summed E-state index contributed by atoms with van der Waals surface area (Å²) in [5.74, 6) is 0. The molecule has 1 saturated heterocycles. The van der Waals surface area contributed by atoms with E-state index in [9.17, 15) is 4.79 Å². The van der Waals surface area contributed by atoms with Gasteiger partial charge in [0.05, 0.1) is 32.5 Å². The van der Waals surface area contributed by atoms with Crippen molar-refractivity contribution in [1.82, 2.24) is 9.55 Å². The molecule has 0 spiro atoms. The molecule has 0 amide bonds. The molecule has 0 radical (unpaired) electrons. The lowest BCUT2D eigenvalue weighted by atomic mass is 10.3. The third kappa shape index (κ3) is 1.99. The minimum atomic E-state index is -0.103. The zero-order valence-corrected chi connectivity index (χ0v) is 7.23. The molecule has 1 fully saturated rings. The maximum Gasteiger partial charge on any atom is 0.325 e. The summed E-state index contributed by atoms with van der Waals surface area (Å²) in [6.07, 6.45) is 3.33. The van der Waals surface area contributed by atoms with Gasteiger partial charge in [0.25, 0.3) is 0 Å². The minimum absolute atomic E-state index is 0.00208. The zero-order valence-electron chi connectivity index (χ0n) is 7.23. The van der Waals surface area contributed by atoms with Crippen molar-refractivity contribution < 1.29 is 9.47 Å². The number of rotatable bonds is 2. The highest BCUT2D eigenvalue weighted by molar-refractivity contribution is 4.77. The van der Waals surface area contributed by atoms with Gasteiger partial charge in [0.2, 0.25) is 0 Å². The van der Waals surface area contributed by atoms with E-state index in [0.717, 1.165) is 0 Å². The van der Waals surface area contributed by atoms with Crippen LogP contribution >= 0.6 is 0 Å². The summed E-state index contributed by atoms with van der Waals surface area (Å²) in [4.78, 5) is 13.7. The molecule has 0 aliphatic carbocycles. The van der Waals surface area contributed by atoms with Crippen LogP contribution in [-0.4, -0.2) is 35.5 Å². The Kier molecular flexibility index (Phi) is 2.47. The smallest absolute Gasteiger partial charge is 0.325 e. The Labute approximate surface area is 75.3 Å². The quantitative estimate of drug-likeness (QED) is 0.680. The van der Waals surface area contributed by atoms with Gasteiger partial charge in [-0.25, -0.2) is 4.79 Å². The molecule has 13 heavy (non-hydrogen) atoms. The molecule has 72 valence electrons. The largest absolute Gasteiger partial charge is 0.376 e. The summed E-state index contributed by atoms with van der Waals surface area (Å²) in [5.41, 5.74) is -0.103. The summed E-state index contributed by atoms with van der Waals surface area (Å²) in [6.45, 7) is 2.39. The standard InChI is InChI=1S/C8H12N2O3/c11-8-9-1-2-10(8)5-7-6-12-3-4-13-7/h1-2,7H,3-6H2,(H,9,11). The van der Waals surface area contributed by atoms with E-state index < -0.39 is 0 Å². The van der Waals surface area contributed by atoms with Crippen molar-refractivity contribution >= 4 is 0 Å². The summed E-state index contributed by atoms with van der Waals surface area (Å²) < 4.78 is 12.2. The van der Waals surface area contributed by atoms with Crippen LogP contribution in [0.25, 0.3) is 0 Å². The van der Waals surface area contributed by atoms with Gasteiger partial charge in [-0.05, 0) is 0 Å². The number of ether oxygens (including phenoxy) is 2. The predicted octanol–water partition coefficient (Wildman–Crippen LogP) is -0.408. The van der Waals surface area contributed by atoms with Gasteiger partial charge in [0, 0.05) is 12.4 Å². The highest BCUT2D eigenvalue weighted by Crippen LogP contribution is 2.02. The van der Waals surface area contributed by atoms with Gasteiger partial charge in [-0.1, -0.05) is 0 Å². The molecular formula is C8H12N2O3. The number of aromatic nitrogens is 2.